The third-order valence-corrected chi connectivity index (χ3v) is 5.24. The fraction of sp³-hybridized carbons (Fsp3) is 0.421. The monoisotopic (exact) mass is 417 g/mol. The molecule has 3 rings (SSSR count). The highest BCUT2D eigenvalue weighted by molar-refractivity contribution is 9.10. The van der Waals surface area contributed by atoms with Gasteiger partial charge in [-0.3, -0.25) is 14.4 Å². The Balaban J connectivity index is 1.44. The van der Waals surface area contributed by atoms with Gasteiger partial charge in [0.05, 0.1) is 11.9 Å². The van der Waals surface area contributed by atoms with Crippen LogP contribution in [-0.4, -0.2) is 39.9 Å². The number of carbonyl (C=O) groups excluding carboxylic acids is 1. The van der Waals surface area contributed by atoms with Crippen molar-refractivity contribution < 1.29 is 4.79 Å². The van der Waals surface area contributed by atoms with Crippen LogP contribution in [0.15, 0.2) is 40.0 Å². The molecule has 1 N–H and O–H groups in total. The maximum Gasteiger partial charge on any atom is 0.243 e. The smallest absolute Gasteiger partial charge is 0.243 e. The second-order valence-corrected chi connectivity index (χ2v) is 7.67. The molecular weight excluding hydrogens is 394 g/mol. The van der Waals surface area contributed by atoms with E-state index in [9.17, 15) is 4.79 Å². The zero-order valence-electron chi connectivity index (χ0n) is 15.2. The average molecular weight is 418 g/mol. The van der Waals surface area contributed by atoms with Crippen LogP contribution >= 0.6 is 15.9 Å². The van der Waals surface area contributed by atoms with E-state index in [1.807, 2.05) is 20.2 Å². The van der Waals surface area contributed by atoms with Gasteiger partial charge in [0.15, 0.2) is 0 Å². The van der Waals surface area contributed by atoms with Crippen molar-refractivity contribution in [2.75, 3.05) is 13.1 Å². The Kier molecular flexibility index (Phi) is 6.21. The molecule has 26 heavy (non-hydrogen) atoms. The fourth-order valence-electron chi connectivity index (χ4n) is 3.20. The van der Waals surface area contributed by atoms with Crippen LogP contribution in [0.25, 0.3) is 0 Å². The highest BCUT2D eigenvalue weighted by Gasteiger charge is 2.24. The lowest BCUT2D eigenvalue weighted by Gasteiger charge is -2.30. The third kappa shape index (κ3) is 5.02. The number of nitrogens with one attached hydrogen (secondary N) is 1. The number of carbonyl (C=O) groups is 1. The van der Waals surface area contributed by atoms with E-state index in [1.54, 1.807) is 10.9 Å². The van der Waals surface area contributed by atoms with Crippen molar-refractivity contribution in [2.45, 2.75) is 26.3 Å². The molecule has 1 aromatic heterocycles. The van der Waals surface area contributed by atoms with Gasteiger partial charge in [-0.05, 0) is 50.6 Å². The molecule has 7 heteroatoms. The molecule has 0 radical (unpaired) electrons. The molecule has 6 nitrogen and oxygen atoms in total. The highest BCUT2D eigenvalue weighted by atomic mass is 79.9. The first-order valence-corrected chi connectivity index (χ1v) is 9.60. The van der Waals surface area contributed by atoms with E-state index < -0.39 is 0 Å². The van der Waals surface area contributed by atoms with Gasteiger partial charge < -0.3 is 0 Å². The van der Waals surface area contributed by atoms with Gasteiger partial charge in [0.2, 0.25) is 5.91 Å². The van der Waals surface area contributed by atoms with E-state index >= 15 is 0 Å². The Morgan fingerprint density at radius 2 is 2.04 bits per heavy atom. The van der Waals surface area contributed by atoms with Gasteiger partial charge in [0.1, 0.15) is 0 Å². The van der Waals surface area contributed by atoms with Gasteiger partial charge in [-0.1, -0.05) is 28.1 Å². The normalized spacial score (nSPS) is 16.3. The number of aromatic nitrogens is 2. The van der Waals surface area contributed by atoms with Crippen LogP contribution in [0.5, 0.6) is 0 Å². The highest BCUT2D eigenvalue weighted by Crippen LogP contribution is 2.20. The summed E-state index contributed by atoms with van der Waals surface area (Å²) in [6.45, 7) is 4.71. The van der Waals surface area contributed by atoms with Crippen molar-refractivity contribution in [3.05, 3.63) is 51.8 Å². The third-order valence-electron chi connectivity index (χ3n) is 4.71. The SMILES string of the molecule is Cc1nn(C)cc1C=NNC(=O)C1CCN(Cc2ccc(Br)cc2)CC1. The predicted molar refractivity (Wildman–Crippen MR) is 106 cm³/mol. The molecule has 0 saturated carbocycles. The summed E-state index contributed by atoms with van der Waals surface area (Å²) in [6, 6.07) is 8.41. The first-order chi connectivity index (χ1) is 12.5. The quantitative estimate of drug-likeness (QED) is 0.600. The van der Waals surface area contributed by atoms with E-state index in [0.717, 1.165) is 48.2 Å². The van der Waals surface area contributed by atoms with Gasteiger partial charge in [0, 0.05) is 35.7 Å². The van der Waals surface area contributed by atoms with Crippen LogP contribution in [0.3, 0.4) is 0 Å². The Hall–Kier alpha value is -1.99. The number of hydrogen-bond donors (Lipinski definition) is 1. The summed E-state index contributed by atoms with van der Waals surface area (Å²) in [5.74, 6) is 0.0365. The van der Waals surface area contributed by atoms with Gasteiger partial charge in [-0.25, -0.2) is 5.43 Å². The molecule has 0 spiro atoms. The minimum Gasteiger partial charge on any atom is -0.299 e. The molecular formula is C19H24BrN5O. The zero-order valence-corrected chi connectivity index (χ0v) is 16.7. The number of nitrogens with zero attached hydrogens (tertiary/aromatic N) is 4. The van der Waals surface area contributed by atoms with Crippen molar-refractivity contribution >= 4 is 28.1 Å². The molecule has 1 amide bonds. The molecule has 1 aromatic carbocycles. The van der Waals surface area contributed by atoms with Gasteiger partial charge in [-0.2, -0.15) is 10.2 Å². The summed E-state index contributed by atoms with van der Waals surface area (Å²) < 4.78 is 2.83. The number of halogens is 1. The van der Waals surface area contributed by atoms with Crippen molar-refractivity contribution in [3.63, 3.8) is 0 Å². The van der Waals surface area contributed by atoms with Crippen molar-refractivity contribution in [1.29, 1.82) is 0 Å². The molecule has 1 aliphatic heterocycles. The van der Waals surface area contributed by atoms with E-state index in [0.29, 0.717) is 0 Å². The van der Waals surface area contributed by atoms with E-state index in [2.05, 4.69) is 60.7 Å². The summed E-state index contributed by atoms with van der Waals surface area (Å²) in [6.07, 6.45) is 5.27. The summed E-state index contributed by atoms with van der Waals surface area (Å²) >= 11 is 3.46. The number of piperidine rings is 1. The number of aryl methyl sites for hydroxylation is 2. The maximum absolute atomic E-state index is 12.3. The molecule has 2 aromatic rings. The molecule has 0 bridgehead atoms. The topological polar surface area (TPSA) is 62.5 Å². The van der Waals surface area contributed by atoms with E-state index in [1.165, 1.54) is 5.56 Å². The number of hydrogen-bond acceptors (Lipinski definition) is 4. The van der Waals surface area contributed by atoms with Crippen molar-refractivity contribution in [2.24, 2.45) is 18.1 Å². The number of rotatable bonds is 5. The van der Waals surface area contributed by atoms with E-state index in [-0.39, 0.29) is 11.8 Å². The summed E-state index contributed by atoms with van der Waals surface area (Å²) in [5.41, 5.74) is 5.79. The van der Waals surface area contributed by atoms with E-state index in [4.69, 9.17) is 0 Å². The molecule has 2 heterocycles. The van der Waals surface area contributed by atoms with Gasteiger partial charge in [-0.15, -0.1) is 0 Å². The summed E-state index contributed by atoms with van der Waals surface area (Å²) in [5, 5.41) is 8.34. The second-order valence-electron chi connectivity index (χ2n) is 6.75. The Bertz CT molecular complexity index is 776. The average Bonchev–Trinajstić information content (AvgIpc) is 2.95. The van der Waals surface area contributed by atoms with Crippen LogP contribution in [0, 0.1) is 12.8 Å². The van der Waals surface area contributed by atoms with Crippen LogP contribution in [-0.2, 0) is 18.4 Å². The summed E-state index contributed by atoms with van der Waals surface area (Å²) in [7, 11) is 1.87. The lowest BCUT2D eigenvalue weighted by atomic mass is 9.96. The minimum absolute atomic E-state index is 0.00563. The molecule has 1 saturated heterocycles. The minimum atomic E-state index is 0.00563. The van der Waals surface area contributed by atoms with Crippen molar-refractivity contribution in [3.8, 4) is 0 Å². The molecule has 0 atom stereocenters. The predicted octanol–water partition coefficient (Wildman–Crippen LogP) is 2.85. The van der Waals surface area contributed by atoms with Gasteiger partial charge in [0.25, 0.3) is 0 Å². The molecule has 1 fully saturated rings. The molecule has 1 aliphatic rings. The molecule has 138 valence electrons. The summed E-state index contributed by atoms with van der Waals surface area (Å²) in [4.78, 5) is 14.7. The largest absolute Gasteiger partial charge is 0.299 e. The number of amides is 1. The van der Waals surface area contributed by atoms with Crippen molar-refractivity contribution in [1.82, 2.24) is 20.1 Å². The Labute approximate surface area is 162 Å². The molecule has 0 unspecified atom stereocenters. The first-order valence-electron chi connectivity index (χ1n) is 8.81. The van der Waals surface area contributed by atoms with Gasteiger partial charge >= 0.3 is 0 Å². The number of likely N-dealkylation sites (tertiary alicyclic amines) is 1. The molecule has 0 aliphatic carbocycles. The lowest BCUT2D eigenvalue weighted by Crippen LogP contribution is -2.39. The number of hydrazone groups is 1. The Morgan fingerprint density at radius 3 is 2.65 bits per heavy atom. The van der Waals surface area contributed by atoms with Crippen LogP contribution < -0.4 is 5.43 Å². The zero-order chi connectivity index (χ0) is 18.5. The number of benzene rings is 1. The van der Waals surface area contributed by atoms with Crippen LogP contribution in [0.1, 0.15) is 29.7 Å². The maximum atomic E-state index is 12.3. The van der Waals surface area contributed by atoms with Crippen LogP contribution in [0.2, 0.25) is 0 Å². The van der Waals surface area contributed by atoms with Crippen LogP contribution in [0.4, 0.5) is 0 Å². The second kappa shape index (κ2) is 8.60. The standard InChI is InChI=1S/C19H24BrN5O/c1-14-17(13-24(2)23-14)11-21-22-19(26)16-7-9-25(10-8-16)12-15-3-5-18(20)6-4-15/h3-6,11,13,16H,7-10,12H2,1-2H3,(H,22,26). The lowest BCUT2D eigenvalue weighted by molar-refractivity contribution is -0.126. The Morgan fingerprint density at radius 1 is 1.35 bits per heavy atom. The first kappa shape index (κ1) is 18.8. The fourth-order valence-corrected chi connectivity index (χ4v) is 3.47.